The van der Waals surface area contributed by atoms with E-state index in [9.17, 15) is 48.3 Å². The highest BCUT2D eigenvalue weighted by Gasteiger charge is 2.68. The van der Waals surface area contributed by atoms with Crippen molar-refractivity contribution >= 4 is 21.7 Å². The van der Waals surface area contributed by atoms with Crippen molar-refractivity contribution in [3.8, 4) is 55.6 Å². The van der Waals surface area contributed by atoms with Gasteiger partial charge < -0.3 is 0 Å². The van der Waals surface area contributed by atoms with E-state index in [-0.39, 0.29) is 0 Å². The Morgan fingerprint density at radius 1 is 0.280 bits per heavy atom. The van der Waals surface area contributed by atoms with Crippen LogP contribution in [0.5, 0.6) is 0 Å². The number of hydrogen-bond donors (Lipinski definition) is 0. The summed E-state index contributed by atoms with van der Waals surface area (Å²) in [6, 6.07) is -2.38. The van der Waals surface area contributed by atoms with Crippen LogP contribution in [0, 0.1) is 222 Å². The maximum Gasteiger partial charge on any atom is 0.419 e. The zero-order chi connectivity index (χ0) is 87.7. The summed E-state index contributed by atoms with van der Waals surface area (Å²) in [6.07, 6.45) is 4.37. The molecule has 0 spiro atoms. The van der Waals surface area contributed by atoms with Gasteiger partial charge in [-0.2, -0.15) is 13.2 Å². The van der Waals surface area contributed by atoms with Crippen LogP contribution in [-0.2, 0) is 6.18 Å². The van der Waals surface area contributed by atoms with Crippen LogP contribution in [0.3, 0.4) is 0 Å². The molecule has 14 rings (SSSR count). The summed E-state index contributed by atoms with van der Waals surface area (Å²) in [4.78, 5) is 0. The summed E-state index contributed by atoms with van der Waals surface area (Å²) in [7, 11) is 0.781. The maximum atomic E-state index is 17.7. The van der Waals surface area contributed by atoms with Crippen molar-refractivity contribution in [3.63, 3.8) is 0 Å². The molecule has 0 fully saturated rings. The van der Waals surface area contributed by atoms with Gasteiger partial charge in [0.15, 0.2) is 217 Å². The quantitative estimate of drug-likeness (QED) is 0.0270. The van der Waals surface area contributed by atoms with Crippen molar-refractivity contribution in [1.82, 2.24) is 0 Å². The molecule has 0 saturated heterocycles. The van der Waals surface area contributed by atoms with Crippen LogP contribution in [0.4, 0.5) is 171 Å². The average Bonchev–Trinajstić information content (AvgIpc) is 1.47. The molecule has 0 bridgehead atoms. The van der Waals surface area contributed by atoms with Crippen LogP contribution < -0.4 is 0 Å². The van der Waals surface area contributed by atoms with E-state index in [2.05, 4.69) is 20.8 Å². The Hall–Kier alpha value is -9.57. The number of rotatable bonds is 13. The number of benzene rings is 10. The zero-order valence-corrected chi connectivity index (χ0v) is 60.9. The van der Waals surface area contributed by atoms with Crippen molar-refractivity contribution in [2.24, 2.45) is 5.92 Å². The molecule has 0 saturated carbocycles. The van der Waals surface area contributed by atoms with Crippen molar-refractivity contribution < 1.29 is 171 Å². The molecule has 6 atom stereocenters. The minimum atomic E-state index is -8.92. The summed E-state index contributed by atoms with van der Waals surface area (Å²) < 4.78 is 592. The lowest BCUT2D eigenvalue weighted by atomic mass is 9.92. The van der Waals surface area contributed by atoms with Crippen molar-refractivity contribution in [2.45, 2.75) is 85.1 Å². The molecular formula is C77H37AlF39P. The fourth-order valence-electron chi connectivity index (χ4n) is 17.2. The number of halogens is 39. The third kappa shape index (κ3) is 12.5. The lowest BCUT2D eigenvalue weighted by Crippen LogP contribution is -2.59. The van der Waals surface area contributed by atoms with Crippen molar-refractivity contribution in [2.75, 3.05) is 12.3 Å². The lowest BCUT2D eigenvalue weighted by Gasteiger charge is -2.57. The SMILES string of the molecule is CCCCC(CC)CC[PH2+]CC.Cc1c(F)c(F)c(F)c(C(F)(F)F)c1-c1c(F)c(F)c(F)c(F)c1F.Fc1cc2c(c(F)c1F)-c1c(F)c(F)c(F)c(F)c1[CH]2[Al-]([CH]1c2cc(F)c(F)c(F)c2-c2c(F)c(F)c(F)c(F)c21)([CH]1c2cc(F)c(F)c(F)c2-c2c(F)c(F)c(F)c(F)c21)[CH]1c2cc(F)c(F)c(F)c2-c2c(F)c(F)c(F)c(F)c21. The van der Waals surface area contributed by atoms with E-state index in [0.717, 1.165) is 14.5 Å². The summed E-state index contributed by atoms with van der Waals surface area (Å²) >= 11 is -8.92. The molecule has 41 heteroatoms. The Labute approximate surface area is 639 Å². The molecule has 4 aliphatic carbocycles. The van der Waals surface area contributed by atoms with Gasteiger partial charge in [0.25, 0.3) is 0 Å². The molecule has 626 valence electrons. The van der Waals surface area contributed by atoms with Crippen molar-refractivity contribution in [3.05, 3.63) is 289 Å². The van der Waals surface area contributed by atoms with Crippen LogP contribution in [0.2, 0.25) is 0 Å². The van der Waals surface area contributed by atoms with Crippen molar-refractivity contribution in [1.29, 1.82) is 0 Å². The van der Waals surface area contributed by atoms with Gasteiger partial charge in [-0.1, -0.05) is 61.8 Å². The van der Waals surface area contributed by atoms with Crippen LogP contribution in [0.15, 0.2) is 24.3 Å². The first-order chi connectivity index (χ1) is 55.1. The first kappa shape index (κ1) is 87.7. The first-order valence-corrected chi connectivity index (χ1v) is 38.3. The number of hydrogen-bond acceptors (Lipinski definition) is 0. The van der Waals surface area contributed by atoms with E-state index < -0.39 is 383 Å². The number of alkyl halides is 3. The molecule has 4 aliphatic rings. The van der Waals surface area contributed by atoms with Crippen LogP contribution in [0.25, 0.3) is 55.6 Å². The standard InChI is InChI=1S/C14H3F11.4C13H2F7.C11H25P.Al/c1-2-3(4-7(16)11(20)13(22)12(21)8(4)17)5(14(23,24)25)9(18)10(19)6(2)15;4*14-5-2-3-1-4-7(6(3)10(17)9(5)16)11(18)13(20)12(19)8(4)15;1-4-7-8-11(5-2)9-10-12-6-3;/h1H3;4*1-2H;11-12H,4-10H2,1-3H3;/q;;;;;;-1/p+1. The van der Waals surface area contributed by atoms with E-state index in [1.165, 1.54) is 38.3 Å². The molecule has 6 unspecified atom stereocenters. The van der Waals surface area contributed by atoms with E-state index in [1.54, 1.807) is 6.16 Å². The third-order valence-corrected chi connectivity index (χ3v) is 30.5. The van der Waals surface area contributed by atoms with Gasteiger partial charge in [-0.05, 0) is 86.8 Å². The second-order valence-corrected chi connectivity index (χ2v) is 34.4. The highest BCUT2D eigenvalue weighted by molar-refractivity contribution is 7.37. The Morgan fingerprint density at radius 2 is 0.517 bits per heavy atom. The molecule has 0 aliphatic heterocycles. The highest BCUT2D eigenvalue weighted by Crippen LogP contribution is 2.74. The zero-order valence-electron chi connectivity index (χ0n) is 58.5. The van der Waals surface area contributed by atoms with Crippen LogP contribution in [-0.4, -0.2) is 25.4 Å². The fourth-order valence-corrected chi connectivity index (χ4v) is 27.7. The van der Waals surface area contributed by atoms with E-state index in [0.29, 0.717) is 6.92 Å². The van der Waals surface area contributed by atoms with Crippen LogP contribution in [0.1, 0.15) is 128 Å². The summed E-state index contributed by atoms with van der Waals surface area (Å²) in [5.41, 5.74) is -45.9. The van der Waals surface area contributed by atoms with Gasteiger partial charge in [-0.15, -0.1) is 19.1 Å². The normalized spacial score (nSPS) is 16.2. The van der Waals surface area contributed by atoms with E-state index in [1.807, 2.05) is 0 Å². The molecule has 10 aromatic carbocycles. The van der Waals surface area contributed by atoms with Crippen LogP contribution >= 0.6 is 8.58 Å². The predicted octanol–water partition coefficient (Wildman–Crippen LogP) is 26.6. The predicted molar refractivity (Wildman–Crippen MR) is 344 cm³/mol. The molecule has 118 heavy (non-hydrogen) atoms. The molecule has 10 aromatic rings. The second kappa shape index (κ2) is 31.2. The second-order valence-electron chi connectivity index (χ2n) is 27.5. The number of unbranched alkanes of at least 4 members (excludes halogenated alkanes) is 1. The maximum absolute atomic E-state index is 17.7. The minimum Gasteiger partial charge on any atom is -0.204 e. The van der Waals surface area contributed by atoms with Gasteiger partial charge in [0.1, 0.15) is 5.56 Å². The Morgan fingerprint density at radius 3 is 0.763 bits per heavy atom. The molecular weight excluding hydrogens is 1720 g/mol. The molecule has 0 radical (unpaired) electrons. The molecule has 0 amide bonds. The average molecular weight is 1760 g/mol. The van der Waals surface area contributed by atoms with Gasteiger partial charge in [0.2, 0.25) is 5.82 Å². The fraction of sp³-hybridized carbons (Fsp3) is 0.221. The van der Waals surface area contributed by atoms with Gasteiger partial charge in [-0.3, -0.25) is 0 Å². The molecule has 0 aromatic heterocycles. The van der Waals surface area contributed by atoms with E-state index in [4.69, 9.17) is 0 Å². The highest BCUT2D eigenvalue weighted by atomic mass is 31.1. The minimum absolute atomic E-state index is 0.362. The Bertz CT molecular complexity index is 5430. The largest absolute Gasteiger partial charge is 0.419 e. The lowest BCUT2D eigenvalue weighted by molar-refractivity contribution is -0.139. The first-order valence-electron chi connectivity index (χ1n) is 34.0. The monoisotopic (exact) mass is 1760 g/mol. The summed E-state index contributed by atoms with van der Waals surface area (Å²) in [5.74, 6) is -106. The van der Waals surface area contributed by atoms with E-state index >= 15 is 123 Å². The smallest absolute Gasteiger partial charge is 0.204 e. The van der Waals surface area contributed by atoms with Gasteiger partial charge >= 0.3 is 6.18 Å². The molecule has 0 N–H and O–H groups in total. The third-order valence-electron chi connectivity index (χ3n) is 21.8. The Balaban J connectivity index is 0.000000285. The topological polar surface area (TPSA) is 0 Å². The van der Waals surface area contributed by atoms with Gasteiger partial charge in [0, 0.05) is 50.1 Å². The summed E-state index contributed by atoms with van der Waals surface area (Å²) in [6.45, 7) is 7.33. The van der Waals surface area contributed by atoms with Gasteiger partial charge in [0.05, 0.1) is 17.9 Å². The Kier molecular flexibility index (Phi) is 23.2. The summed E-state index contributed by atoms with van der Waals surface area (Å²) in [5, 5.41) is 0. The van der Waals surface area contributed by atoms with Gasteiger partial charge in [-0.25, -0.2) is 158 Å². The number of fused-ring (bicyclic) bond motifs is 12. The molecule has 0 nitrogen and oxygen atoms in total. The molecule has 0 heterocycles.